The molecule has 1 aliphatic rings. The molecule has 10 nitrogen and oxygen atoms in total. The Morgan fingerprint density at radius 2 is 2.03 bits per heavy atom. The predicted molar refractivity (Wildman–Crippen MR) is 142 cm³/mol. The molecule has 0 aromatic carbocycles. The van der Waals surface area contributed by atoms with Crippen LogP contribution in [0.2, 0.25) is 0 Å². The molecule has 1 saturated carbocycles. The SMILES string of the molecule is C=CC(=O)NC1CCC(NC[C@@](C)(O)[C@H](F)[C@H](NC(=O)c2cccnc2)c2ccc3cc(C#N)cnn23)CC1. The first-order valence-electron chi connectivity index (χ1n) is 12.8. The molecule has 3 heterocycles. The summed E-state index contributed by atoms with van der Waals surface area (Å²) in [4.78, 5) is 28.5. The van der Waals surface area contributed by atoms with E-state index in [1.165, 1.54) is 36.1 Å². The summed E-state index contributed by atoms with van der Waals surface area (Å²) in [5, 5.41) is 33.6. The number of alkyl halides is 1. The van der Waals surface area contributed by atoms with E-state index in [1.54, 1.807) is 30.3 Å². The van der Waals surface area contributed by atoms with Crippen molar-refractivity contribution in [1.29, 1.82) is 5.26 Å². The number of aliphatic hydroxyl groups is 1. The van der Waals surface area contributed by atoms with Crippen molar-refractivity contribution < 1.29 is 19.1 Å². The lowest BCUT2D eigenvalue weighted by atomic mass is 9.88. The van der Waals surface area contributed by atoms with Gasteiger partial charge in [0.25, 0.3) is 5.91 Å². The van der Waals surface area contributed by atoms with Crippen LogP contribution in [0.25, 0.3) is 5.52 Å². The monoisotopic (exact) mass is 533 g/mol. The molecule has 0 bridgehead atoms. The Morgan fingerprint density at radius 1 is 1.28 bits per heavy atom. The average molecular weight is 534 g/mol. The Kier molecular flexibility index (Phi) is 8.69. The first kappa shape index (κ1) is 27.9. The molecule has 4 N–H and O–H groups in total. The number of nitrogens with zero attached hydrogens (tertiary/aromatic N) is 4. The summed E-state index contributed by atoms with van der Waals surface area (Å²) in [7, 11) is 0. The van der Waals surface area contributed by atoms with Crippen molar-refractivity contribution in [3.05, 3.63) is 78.4 Å². The maximum absolute atomic E-state index is 16.3. The van der Waals surface area contributed by atoms with Gasteiger partial charge in [0, 0.05) is 31.0 Å². The highest BCUT2D eigenvalue weighted by atomic mass is 19.1. The summed E-state index contributed by atoms with van der Waals surface area (Å²) in [5.41, 5.74) is -0.409. The third-order valence-electron chi connectivity index (χ3n) is 7.08. The standard InChI is InChI=1S/C28H32FN7O3/c1-3-24(37)34-21-8-6-20(7-9-21)32-17-28(2,39)26(29)25(35-27(38)19-5-4-12-31-16-19)23-11-10-22-13-18(14-30)15-33-36(22)23/h3-5,10-13,15-16,20-21,25-26,32,39H,1,6-9,17H2,2H3,(H,34,37)(H,35,38)/t20?,21?,25-,26-,28-/m1/s1. The van der Waals surface area contributed by atoms with E-state index in [1.807, 2.05) is 6.07 Å². The number of hydrogen-bond acceptors (Lipinski definition) is 7. The maximum Gasteiger partial charge on any atom is 0.253 e. The van der Waals surface area contributed by atoms with Gasteiger partial charge >= 0.3 is 0 Å². The smallest absolute Gasteiger partial charge is 0.253 e. The van der Waals surface area contributed by atoms with Crippen LogP contribution in [-0.2, 0) is 4.79 Å². The molecule has 4 rings (SSSR count). The van der Waals surface area contributed by atoms with Gasteiger partial charge in [-0.3, -0.25) is 14.6 Å². The second-order valence-electron chi connectivity index (χ2n) is 10.0. The van der Waals surface area contributed by atoms with Crippen molar-refractivity contribution in [2.24, 2.45) is 0 Å². The minimum absolute atomic E-state index is 0.0455. The van der Waals surface area contributed by atoms with E-state index in [2.05, 4.69) is 32.6 Å². The molecule has 39 heavy (non-hydrogen) atoms. The lowest BCUT2D eigenvalue weighted by Crippen LogP contribution is -2.54. The Labute approximate surface area is 225 Å². The Morgan fingerprint density at radius 3 is 2.69 bits per heavy atom. The minimum Gasteiger partial charge on any atom is -0.386 e. The topological polar surface area (TPSA) is 144 Å². The first-order chi connectivity index (χ1) is 18.7. The predicted octanol–water partition coefficient (Wildman–Crippen LogP) is 2.36. The fourth-order valence-electron chi connectivity index (χ4n) is 4.84. The Bertz CT molecular complexity index is 1360. The van der Waals surface area contributed by atoms with Crippen LogP contribution in [0.4, 0.5) is 4.39 Å². The second kappa shape index (κ2) is 12.1. The zero-order chi connectivity index (χ0) is 28.0. The second-order valence-corrected chi connectivity index (χ2v) is 10.0. The Hall–Kier alpha value is -4.14. The van der Waals surface area contributed by atoms with Crippen LogP contribution in [0.5, 0.6) is 0 Å². The molecule has 3 aromatic heterocycles. The number of aromatic nitrogens is 3. The van der Waals surface area contributed by atoms with Crippen LogP contribution in [0.1, 0.15) is 60.3 Å². The van der Waals surface area contributed by atoms with Gasteiger partial charge in [0.05, 0.1) is 28.5 Å². The number of nitrogens with one attached hydrogen (secondary N) is 3. The van der Waals surface area contributed by atoms with Gasteiger partial charge in [0.1, 0.15) is 17.7 Å². The van der Waals surface area contributed by atoms with E-state index < -0.39 is 23.7 Å². The summed E-state index contributed by atoms with van der Waals surface area (Å²) in [5.74, 6) is -0.756. The first-order valence-corrected chi connectivity index (χ1v) is 12.8. The quantitative estimate of drug-likeness (QED) is 0.293. The summed E-state index contributed by atoms with van der Waals surface area (Å²) >= 11 is 0. The number of nitriles is 1. The van der Waals surface area contributed by atoms with Gasteiger partial charge in [0.2, 0.25) is 5.91 Å². The van der Waals surface area contributed by atoms with Gasteiger partial charge in [-0.2, -0.15) is 10.4 Å². The van der Waals surface area contributed by atoms with E-state index in [0.717, 1.165) is 25.7 Å². The largest absolute Gasteiger partial charge is 0.386 e. The molecule has 0 radical (unpaired) electrons. The van der Waals surface area contributed by atoms with Gasteiger partial charge in [-0.1, -0.05) is 6.58 Å². The number of amides is 2. The molecule has 3 atom stereocenters. The van der Waals surface area contributed by atoms with Gasteiger partial charge in [-0.05, 0) is 69.0 Å². The number of halogens is 1. The Balaban J connectivity index is 1.51. The fraction of sp³-hybridized carbons (Fsp3) is 0.393. The molecule has 1 fully saturated rings. The third-order valence-corrected chi connectivity index (χ3v) is 7.08. The van der Waals surface area contributed by atoms with Crippen LogP contribution in [0, 0.1) is 11.3 Å². The lowest BCUT2D eigenvalue weighted by Gasteiger charge is -2.36. The van der Waals surface area contributed by atoms with E-state index in [9.17, 15) is 20.0 Å². The molecule has 204 valence electrons. The number of carbonyl (C=O) groups is 2. The number of fused-ring (bicyclic) bond motifs is 1. The van der Waals surface area contributed by atoms with Crippen LogP contribution in [0.3, 0.4) is 0 Å². The molecule has 2 amide bonds. The van der Waals surface area contributed by atoms with Crippen molar-refractivity contribution in [1.82, 2.24) is 30.5 Å². The molecular weight excluding hydrogens is 501 g/mol. The zero-order valence-corrected chi connectivity index (χ0v) is 21.7. The van der Waals surface area contributed by atoms with Crippen LogP contribution in [0.15, 0.2) is 61.6 Å². The number of rotatable bonds is 10. The summed E-state index contributed by atoms with van der Waals surface area (Å²) in [6.07, 6.45) is 6.61. The van der Waals surface area contributed by atoms with E-state index in [0.29, 0.717) is 16.8 Å². The normalized spacial score (nSPS) is 20.3. The van der Waals surface area contributed by atoms with Gasteiger partial charge in [0.15, 0.2) is 6.17 Å². The maximum atomic E-state index is 16.3. The van der Waals surface area contributed by atoms with E-state index in [-0.39, 0.29) is 30.1 Å². The van der Waals surface area contributed by atoms with Crippen molar-refractivity contribution in [2.45, 2.75) is 62.5 Å². The molecular formula is C28H32FN7O3. The van der Waals surface area contributed by atoms with Crippen LogP contribution in [-0.4, -0.2) is 61.9 Å². The zero-order valence-electron chi connectivity index (χ0n) is 21.7. The summed E-state index contributed by atoms with van der Waals surface area (Å²) < 4.78 is 17.7. The molecule has 3 aromatic rings. The van der Waals surface area contributed by atoms with Gasteiger partial charge < -0.3 is 21.1 Å². The van der Waals surface area contributed by atoms with Crippen molar-refractivity contribution in [3.63, 3.8) is 0 Å². The van der Waals surface area contributed by atoms with E-state index >= 15 is 4.39 Å². The van der Waals surface area contributed by atoms with E-state index in [4.69, 9.17) is 0 Å². The fourth-order valence-corrected chi connectivity index (χ4v) is 4.84. The van der Waals surface area contributed by atoms with Crippen LogP contribution < -0.4 is 16.0 Å². The van der Waals surface area contributed by atoms with Gasteiger partial charge in [-0.15, -0.1) is 0 Å². The molecule has 11 heteroatoms. The number of hydrogen-bond donors (Lipinski definition) is 4. The summed E-state index contributed by atoms with van der Waals surface area (Å²) in [6.45, 7) is 4.80. The van der Waals surface area contributed by atoms with Crippen LogP contribution >= 0.6 is 0 Å². The minimum atomic E-state index is -1.93. The highest BCUT2D eigenvalue weighted by Gasteiger charge is 2.41. The number of pyridine rings is 1. The third kappa shape index (κ3) is 6.66. The molecule has 0 spiro atoms. The number of carbonyl (C=O) groups excluding carboxylic acids is 2. The van der Waals surface area contributed by atoms with Crippen molar-refractivity contribution in [2.75, 3.05) is 6.54 Å². The average Bonchev–Trinajstić information content (AvgIpc) is 3.38. The molecule has 0 aliphatic heterocycles. The molecule has 0 saturated heterocycles. The molecule has 0 unspecified atom stereocenters. The van der Waals surface area contributed by atoms with Gasteiger partial charge in [-0.25, -0.2) is 8.91 Å². The molecule has 1 aliphatic carbocycles. The highest BCUT2D eigenvalue weighted by molar-refractivity contribution is 5.94. The lowest BCUT2D eigenvalue weighted by molar-refractivity contribution is -0.117. The van der Waals surface area contributed by atoms with Crippen molar-refractivity contribution >= 4 is 17.3 Å². The summed E-state index contributed by atoms with van der Waals surface area (Å²) in [6, 6.07) is 8.94. The highest BCUT2D eigenvalue weighted by Crippen LogP contribution is 2.30. The van der Waals surface area contributed by atoms with Crippen molar-refractivity contribution in [3.8, 4) is 6.07 Å².